The lowest BCUT2D eigenvalue weighted by Gasteiger charge is -1.99. The predicted molar refractivity (Wildman–Crippen MR) is 36.0 cm³/mol. The van der Waals surface area contributed by atoms with Crippen LogP contribution < -0.4 is 0 Å². The Balaban J connectivity index is 3.17. The van der Waals surface area contributed by atoms with Crippen molar-refractivity contribution in [1.29, 1.82) is 0 Å². The lowest BCUT2D eigenvalue weighted by Crippen LogP contribution is -1.98. The molecule has 0 saturated heterocycles. The van der Waals surface area contributed by atoms with Gasteiger partial charge in [-0.2, -0.15) is 0 Å². The van der Waals surface area contributed by atoms with Crippen molar-refractivity contribution in [3.8, 4) is 0 Å². The Hall–Kier alpha value is -0.240. The Morgan fingerprint density at radius 2 is 2.22 bits per heavy atom. The summed E-state index contributed by atoms with van der Waals surface area (Å²) in [5.41, 5.74) is 0. The van der Waals surface area contributed by atoms with Crippen LogP contribution in [-0.2, 0) is 9.08 Å². The van der Waals surface area contributed by atoms with E-state index in [1.54, 1.807) is 0 Å². The van der Waals surface area contributed by atoms with E-state index in [0.717, 1.165) is 6.42 Å². The standard InChI is InChI=1S/C6H11ClO2/c1-5(2)3-4-6(8)9-7/h5H,3-4H2,1-2H3. The van der Waals surface area contributed by atoms with Gasteiger partial charge in [0.25, 0.3) is 0 Å². The molecule has 0 aliphatic heterocycles. The summed E-state index contributed by atoms with van der Waals surface area (Å²) in [6.45, 7) is 4.09. The molecule has 0 aliphatic carbocycles. The number of rotatable bonds is 3. The molecular weight excluding hydrogens is 140 g/mol. The van der Waals surface area contributed by atoms with Crippen LogP contribution in [0.2, 0.25) is 0 Å². The molecule has 0 radical (unpaired) electrons. The van der Waals surface area contributed by atoms with Crippen molar-refractivity contribution >= 4 is 17.8 Å². The first-order chi connectivity index (χ1) is 4.16. The minimum atomic E-state index is -0.342. The van der Waals surface area contributed by atoms with Crippen molar-refractivity contribution in [3.05, 3.63) is 0 Å². The molecule has 0 bridgehead atoms. The predicted octanol–water partition coefficient (Wildman–Crippen LogP) is 2.12. The second-order valence-electron chi connectivity index (χ2n) is 2.38. The van der Waals surface area contributed by atoms with Crippen molar-refractivity contribution in [2.45, 2.75) is 26.7 Å². The summed E-state index contributed by atoms with van der Waals surface area (Å²) in [5.74, 6) is 0.186. The van der Waals surface area contributed by atoms with E-state index in [2.05, 4.69) is 4.29 Å². The summed E-state index contributed by atoms with van der Waals surface area (Å²) in [6, 6.07) is 0. The number of carbonyl (C=O) groups is 1. The van der Waals surface area contributed by atoms with Gasteiger partial charge in [-0.15, -0.1) is 0 Å². The van der Waals surface area contributed by atoms with E-state index in [9.17, 15) is 4.79 Å². The maximum Gasteiger partial charge on any atom is 0.324 e. The minimum Gasteiger partial charge on any atom is -0.348 e. The molecule has 0 unspecified atom stereocenters. The lowest BCUT2D eigenvalue weighted by molar-refractivity contribution is -0.134. The zero-order valence-electron chi connectivity index (χ0n) is 5.69. The van der Waals surface area contributed by atoms with E-state index in [1.807, 2.05) is 13.8 Å². The zero-order valence-corrected chi connectivity index (χ0v) is 6.44. The number of carbonyl (C=O) groups excluding carboxylic acids is 1. The van der Waals surface area contributed by atoms with Gasteiger partial charge in [-0.1, -0.05) is 13.8 Å². The van der Waals surface area contributed by atoms with Gasteiger partial charge in [-0.25, -0.2) is 0 Å². The molecule has 54 valence electrons. The van der Waals surface area contributed by atoms with Crippen molar-refractivity contribution in [2.24, 2.45) is 5.92 Å². The second-order valence-corrected chi connectivity index (χ2v) is 2.54. The molecule has 0 aromatic carbocycles. The van der Waals surface area contributed by atoms with E-state index >= 15 is 0 Å². The normalized spacial score (nSPS) is 9.78. The molecule has 0 amide bonds. The van der Waals surface area contributed by atoms with Crippen molar-refractivity contribution in [2.75, 3.05) is 0 Å². The van der Waals surface area contributed by atoms with Gasteiger partial charge in [0.05, 0.1) is 0 Å². The van der Waals surface area contributed by atoms with Crippen molar-refractivity contribution < 1.29 is 9.08 Å². The lowest BCUT2D eigenvalue weighted by atomic mass is 10.1. The van der Waals surface area contributed by atoms with E-state index < -0.39 is 0 Å². The summed E-state index contributed by atoms with van der Waals surface area (Å²) >= 11 is 4.79. The fraction of sp³-hybridized carbons (Fsp3) is 0.833. The number of hydrogen-bond donors (Lipinski definition) is 0. The van der Waals surface area contributed by atoms with Gasteiger partial charge >= 0.3 is 5.97 Å². The van der Waals surface area contributed by atoms with Gasteiger partial charge < -0.3 is 4.29 Å². The third-order valence-electron chi connectivity index (χ3n) is 1.01. The molecule has 0 aromatic rings. The van der Waals surface area contributed by atoms with Crippen molar-refractivity contribution in [1.82, 2.24) is 0 Å². The molecule has 0 atom stereocenters. The fourth-order valence-corrected chi connectivity index (χ4v) is 0.522. The summed E-state index contributed by atoms with van der Waals surface area (Å²) < 4.78 is 3.93. The topological polar surface area (TPSA) is 26.3 Å². The second kappa shape index (κ2) is 4.62. The van der Waals surface area contributed by atoms with Gasteiger partial charge in [0, 0.05) is 6.42 Å². The Kier molecular flexibility index (Phi) is 4.50. The molecule has 0 spiro atoms. The largest absolute Gasteiger partial charge is 0.348 e. The number of hydrogen-bond acceptors (Lipinski definition) is 2. The van der Waals surface area contributed by atoms with Crippen LogP contribution in [0.1, 0.15) is 26.7 Å². The van der Waals surface area contributed by atoms with Gasteiger partial charge in [0.15, 0.2) is 0 Å². The zero-order chi connectivity index (χ0) is 7.28. The molecule has 3 heteroatoms. The molecule has 0 fully saturated rings. The van der Waals surface area contributed by atoms with Crippen LogP contribution in [-0.4, -0.2) is 5.97 Å². The molecule has 9 heavy (non-hydrogen) atoms. The maximum absolute atomic E-state index is 10.4. The van der Waals surface area contributed by atoms with Crippen LogP contribution in [0.5, 0.6) is 0 Å². The molecule has 0 N–H and O–H groups in total. The molecular formula is C6H11ClO2. The van der Waals surface area contributed by atoms with E-state index in [-0.39, 0.29) is 5.97 Å². The van der Waals surface area contributed by atoms with Gasteiger partial charge in [-0.3, -0.25) is 4.79 Å². The first kappa shape index (κ1) is 8.76. The SMILES string of the molecule is CC(C)CCC(=O)OCl. The summed E-state index contributed by atoms with van der Waals surface area (Å²) in [6.07, 6.45) is 1.26. The summed E-state index contributed by atoms with van der Waals surface area (Å²) in [4.78, 5) is 10.4. The third kappa shape index (κ3) is 5.63. The Morgan fingerprint density at radius 3 is 2.56 bits per heavy atom. The molecule has 2 nitrogen and oxygen atoms in total. The van der Waals surface area contributed by atoms with Gasteiger partial charge in [0.1, 0.15) is 11.9 Å². The van der Waals surface area contributed by atoms with Crippen LogP contribution in [0.3, 0.4) is 0 Å². The van der Waals surface area contributed by atoms with E-state index in [4.69, 9.17) is 11.9 Å². The Morgan fingerprint density at radius 1 is 1.67 bits per heavy atom. The highest BCUT2D eigenvalue weighted by molar-refractivity contribution is 6.13. The van der Waals surface area contributed by atoms with E-state index in [0.29, 0.717) is 12.3 Å². The average Bonchev–Trinajstić information content (AvgIpc) is 1.83. The summed E-state index contributed by atoms with van der Waals surface area (Å²) in [7, 11) is 0. The molecule has 0 aromatic heterocycles. The number of halogens is 1. The highest BCUT2D eigenvalue weighted by Crippen LogP contribution is 2.04. The fourth-order valence-electron chi connectivity index (χ4n) is 0.445. The smallest absolute Gasteiger partial charge is 0.324 e. The van der Waals surface area contributed by atoms with Gasteiger partial charge in [-0.05, 0) is 12.3 Å². The Labute approximate surface area is 60.3 Å². The molecule has 0 heterocycles. The first-order valence-electron chi connectivity index (χ1n) is 2.98. The monoisotopic (exact) mass is 150 g/mol. The quantitative estimate of drug-likeness (QED) is 0.616. The maximum atomic E-state index is 10.4. The van der Waals surface area contributed by atoms with E-state index in [1.165, 1.54) is 0 Å². The first-order valence-corrected chi connectivity index (χ1v) is 3.29. The third-order valence-corrected chi connectivity index (χ3v) is 1.18. The van der Waals surface area contributed by atoms with Crippen LogP contribution in [0.15, 0.2) is 0 Å². The van der Waals surface area contributed by atoms with Crippen LogP contribution in [0, 0.1) is 5.92 Å². The van der Waals surface area contributed by atoms with Crippen LogP contribution >= 0.6 is 11.9 Å². The van der Waals surface area contributed by atoms with Crippen LogP contribution in [0.4, 0.5) is 0 Å². The molecule has 0 aliphatic rings. The average molecular weight is 151 g/mol. The Bertz CT molecular complexity index is 91.1. The van der Waals surface area contributed by atoms with Gasteiger partial charge in [0.2, 0.25) is 0 Å². The van der Waals surface area contributed by atoms with Crippen molar-refractivity contribution in [3.63, 3.8) is 0 Å². The summed E-state index contributed by atoms with van der Waals surface area (Å²) in [5, 5.41) is 0. The highest BCUT2D eigenvalue weighted by atomic mass is 35.5. The minimum absolute atomic E-state index is 0.342. The van der Waals surface area contributed by atoms with Crippen LogP contribution in [0.25, 0.3) is 0 Å². The molecule has 0 rings (SSSR count). The molecule has 0 saturated carbocycles. The highest BCUT2D eigenvalue weighted by Gasteiger charge is 2.02.